The number of benzene rings is 1. The molecule has 1 fully saturated rings. The van der Waals surface area contributed by atoms with E-state index in [1.165, 1.54) is 44.2 Å². The molecule has 0 radical (unpaired) electrons. The SMILES string of the molecule is CC1Nc2ccccc2C12CCCCCC2. The third-order valence-corrected chi connectivity index (χ3v) is 4.66. The van der Waals surface area contributed by atoms with Gasteiger partial charge in [-0.1, -0.05) is 43.9 Å². The van der Waals surface area contributed by atoms with Crippen LogP contribution >= 0.6 is 0 Å². The summed E-state index contributed by atoms with van der Waals surface area (Å²) in [5.41, 5.74) is 3.41. The first-order chi connectivity index (χ1) is 7.83. The number of para-hydroxylation sites is 1. The van der Waals surface area contributed by atoms with E-state index in [-0.39, 0.29) is 0 Å². The number of rotatable bonds is 0. The average molecular weight is 215 g/mol. The number of nitrogens with one attached hydrogen (secondary N) is 1. The summed E-state index contributed by atoms with van der Waals surface area (Å²) in [7, 11) is 0. The Bertz CT molecular complexity index is 375. The predicted octanol–water partition coefficient (Wildman–Crippen LogP) is 4.09. The van der Waals surface area contributed by atoms with Crippen molar-refractivity contribution in [3.05, 3.63) is 29.8 Å². The standard InChI is InChI=1S/C15H21N/c1-12-15(10-6-2-3-7-11-15)13-8-4-5-9-14(13)16-12/h4-5,8-9,12,16H,2-3,6-7,10-11H2,1H3. The van der Waals surface area contributed by atoms with Crippen molar-refractivity contribution in [2.45, 2.75) is 56.9 Å². The van der Waals surface area contributed by atoms with Gasteiger partial charge in [-0.2, -0.15) is 0 Å². The largest absolute Gasteiger partial charge is 0.381 e. The van der Waals surface area contributed by atoms with E-state index >= 15 is 0 Å². The summed E-state index contributed by atoms with van der Waals surface area (Å²) in [6.45, 7) is 2.37. The van der Waals surface area contributed by atoms with E-state index in [1.807, 2.05) is 0 Å². The summed E-state index contributed by atoms with van der Waals surface area (Å²) < 4.78 is 0. The number of fused-ring (bicyclic) bond motifs is 2. The van der Waals surface area contributed by atoms with Gasteiger partial charge in [0, 0.05) is 17.1 Å². The van der Waals surface area contributed by atoms with Crippen LogP contribution in [0.2, 0.25) is 0 Å². The summed E-state index contributed by atoms with van der Waals surface area (Å²) in [6.07, 6.45) is 8.41. The number of hydrogen-bond donors (Lipinski definition) is 1. The minimum atomic E-state index is 0.438. The molecule has 1 aromatic carbocycles. The molecule has 1 aliphatic heterocycles. The van der Waals surface area contributed by atoms with Gasteiger partial charge in [-0.05, 0) is 31.4 Å². The Morgan fingerprint density at radius 3 is 2.50 bits per heavy atom. The lowest BCUT2D eigenvalue weighted by atomic mass is 9.71. The summed E-state index contributed by atoms with van der Waals surface area (Å²) in [6, 6.07) is 9.55. The van der Waals surface area contributed by atoms with Crippen molar-refractivity contribution in [3.8, 4) is 0 Å². The fraction of sp³-hybridized carbons (Fsp3) is 0.600. The van der Waals surface area contributed by atoms with Crippen LogP contribution in [0.3, 0.4) is 0 Å². The Kier molecular flexibility index (Phi) is 2.42. The van der Waals surface area contributed by atoms with Crippen LogP contribution in [0.25, 0.3) is 0 Å². The van der Waals surface area contributed by atoms with Crippen molar-refractivity contribution in [1.82, 2.24) is 0 Å². The molecule has 1 nitrogen and oxygen atoms in total. The van der Waals surface area contributed by atoms with Crippen LogP contribution in [0.1, 0.15) is 51.0 Å². The maximum absolute atomic E-state index is 3.69. The lowest BCUT2D eigenvalue weighted by Crippen LogP contribution is -2.36. The molecule has 1 spiro atoms. The molecule has 1 aromatic rings. The maximum Gasteiger partial charge on any atom is 0.0381 e. The highest BCUT2D eigenvalue weighted by Gasteiger charge is 2.43. The number of hydrogen-bond acceptors (Lipinski definition) is 1. The molecule has 0 saturated heterocycles. The smallest absolute Gasteiger partial charge is 0.0381 e. The van der Waals surface area contributed by atoms with E-state index in [2.05, 4.69) is 36.5 Å². The van der Waals surface area contributed by atoms with E-state index in [0.29, 0.717) is 11.5 Å². The van der Waals surface area contributed by atoms with Crippen molar-refractivity contribution >= 4 is 5.69 Å². The summed E-state index contributed by atoms with van der Waals surface area (Å²) in [5, 5.41) is 3.69. The second-order valence-corrected chi connectivity index (χ2v) is 5.48. The van der Waals surface area contributed by atoms with E-state index in [9.17, 15) is 0 Å². The third-order valence-electron chi connectivity index (χ3n) is 4.66. The highest BCUT2D eigenvalue weighted by Crippen LogP contribution is 2.48. The van der Waals surface area contributed by atoms with Gasteiger partial charge in [0.25, 0.3) is 0 Å². The van der Waals surface area contributed by atoms with Gasteiger partial charge in [-0.15, -0.1) is 0 Å². The zero-order valence-corrected chi connectivity index (χ0v) is 10.1. The van der Waals surface area contributed by atoms with Gasteiger partial charge in [0.2, 0.25) is 0 Å². The molecule has 0 amide bonds. The van der Waals surface area contributed by atoms with Crippen LogP contribution in [0.15, 0.2) is 24.3 Å². The molecule has 1 unspecified atom stereocenters. The van der Waals surface area contributed by atoms with Gasteiger partial charge < -0.3 is 5.32 Å². The first kappa shape index (κ1) is 10.2. The molecular formula is C15H21N. The molecule has 2 aliphatic rings. The van der Waals surface area contributed by atoms with Crippen molar-refractivity contribution < 1.29 is 0 Å². The van der Waals surface area contributed by atoms with Crippen LogP contribution in [0, 0.1) is 0 Å². The summed E-state index contributed by atoms with van der Waals surface area (Å²) >= 11 is 0. The quantitative estimate of drug-likeness (QED) is 0.687. The average Bonchev–Trinajstić information content (AvgIpc) is 2.49. The van der Waals surface area contributed by atoms with Crippen molar-refractivity contribution in [2.24, 2.45) is 0 Å². The van der Waals surface area contributed by atoms with Gasteiger partial charge in [0.1, 0.15) is 0 Å². The van der Waals surface area contributed by atoms with Gasteiger partial charge in [0.15, 0.2) is 0 Å². The zero-order valence-electron chi connectivity index (χ0n) is 10.1. The fourth-order valence-electron chi connectivity index (χ4n) is 3.71. The second kappa shape index (κ2) is 3.80. The monoisotopic (exact) mass is 215 g/mol. The maximum atomic E-state index is 3.69. The Morgan fingerprint density at radius 1 is 1.06 bits per heavy atom. The minimum Gasteiger partial charge on any atom is -0.381 e. The molecule has 86 valence electrons. The van der Waals surface area contributed by atoms with Gasteiger partial charge in [-0.25, -0.2) is 0 Å². The molecule has 3 rings (SSSR count). The van der Waals surface area contributed by atoms with Crippen LogP contribution in [0.5, 0.6) is 0 Å². The Labute approximate surface area is 98.3 Å². The van der Waals surface area contributed by atoms with Crippen molar-refractivity contribution in [1.29, 1.82) is 0 Å². The Hall–Kier alpha value is -0.980. The van der Waals surface area contributed by atoms with Crippen molar-refractivity contribution in [3.63, 3.8) is 0 Å². The van der Waals surface area contributed by atoms with E-state index in [0.717, 1.165) is 0 Å². The highest BCUT2D eigenvalue weighted by molar-refractivity contribution is 5.61. The number of anilines is 1. The van der Waals surface area contributed by atoms with Gasteiger partial charge in [0.05, 0.1) is 0 Å². The highest BCUT2D eigenvalue weighted by atomic mass is 15.0. The molecule has 1 saturated carbocycles. The third kappa shape index (κ3) is 1.37. The molecule has 1 heteroatoms. The van der Waals surface area contributed by atoms with E-state index < -0.39 is 0 Å². The first-order valence-electron chi connectivity index (χ1n) is 6.69. The van der Waals surface area contributed by atoms with Crippen LogP contribution < -0.4 is 5.32 Å². The molecule has 16 heavy (non-hydrogen) atoms. The van der Waals surface area contributed by atoms with Gasteiger partial charge >= 0.3 is 0 Å². The van der Waals surface area contributed by atoms with Crippen molar-refractivity contribution in [2.75, 3.05) is 5.32 Å². The minimum absolute atomic E-state index is 0.438. The van der Waals surface area contributed by atoms with Crippen LogP contribution in [0.4, 0.5) is 5.69 Å². The molecule has 0 aromatic heterocycles. The Morgan fingerprint density at radius 2 is 1.75 bits per heavy atom. The normalized spacial score (nSPS) is 27.2. The molecule has 0 bridgehead atoms. The van der Waals surface area contributed by atoms with E-state index in [4.69, 9.17) is 0 Å². The predicted molar refractivity (Wildman–Crippen MR) is 68.9 cm³/mol. The summed E-state index contributed by atoms with van der Waals surface area (Å²) in [5.74, 6) is 0. The van der Waals surface area contributed by atoms with Crippen LogP contribution in [-0.2, 0) is 5.41 Å². The van der Waals surface area contributed by atoms with E-state index in [1.54, 1.807) is 5.56 Å². The molecule has 1 atom stereocenters. The lowest BCUT2D eigenvalue weighted by Gasteiger charge is -2.33. The fourth-order valence-corrected chi connectivity index (χ4v) is 3.71. The lowest BCUT2D eigenvalue weighted by molar-refractivity contribution is 0.347. The molecular weight excluding hydrogens is 194 g/mol. The molecule has 1 aliphatic carbocycles. The second-order valence-electron chi connectivity index (χ2n) is 5.48. The van der Waals surface area contributed by atoms with Gasteiger partial charge in [-0.3, -0.25) is 0 Å². The molecule has 1 N–H and O–H groups in total. The molecule has 1 heterocycles. The topological polar surface area (TPSA) is 12.0 Å². The summed E-state index contributed by atoms with van der Waals surface area (Å²) in [4.78, 5) is 0. The first-order valence-corrected chi connectivity index (χ1v) is 6.69. The Balaban J connectivity index is 2.04. The zero-order chi connectivity index (χ0) is 11.0. The van der Waals surface area contributed by atoms with Crippen LogP contribution in [-0.4, -0.2) is 6.04 Å².